The van der Waals surface area contributed by atoms with Gasteiger partial charge in [-0.25, -0.2) is 39.9 Å². The molecule has 5 aliphatic rings. The van der Waals surface area contributed by atoms with Crippen molar-refractivity contribution in [1.82, 2.24) is 136 Å². The molecule has 25 rings (SSSR count). The molecule has 0 saturated carbocycles. The van der Waals surface area contributed by atoms with E-state index < -0.39 is 0 Å². The van der Waals surface area contributed by atoms with Gasteiger partial charge in [0.15, 0.2) is 50.9 Å². The Hall–Kier alpha value is -14.6. The summed E-state index contributed by atoms with van der Waals surface area (Å²) in [7, 11) is 4.03. The Morgan fingerprint density at radius 1 is 0.376 bits per heavy atom. The first-order valence-corrected chi connectivity index (χ1v) is 52.0. The molecule has 19 aromatic heterocycles. The van der Waals surface area contributed by atoms with Gasteiger partial charge in [0.25, 0.3) is 27.8 Å². The van der Waals surface area contributed by atoms with Gasteiger partial charge in [-0.1, -0.05) is 54.7 Å². The summed E-state index contributed by atoms with van der Waals surface area (Å²) in [6.45, 7) is 31.5. The molecule has 149 heavy (non-hydrogen) atoms. The highest BCUT2D eigenvalue weighted by Gasteiger charge is 2.30. The van der Waals surface area contributed by atoms with Crippen LogP contribution < -0.4 is 38.0 Å². The minimum absolute atomic E-state index is 0.125. The molecular weight excluding hydrogens is 1950 g/mol. The molecule has 1 aromatic carbocycles. The summed E-state index contributed by atoms with van der Waals surface area (Å²) < 4.78 is 20.6. The van der Waals surface area contributed by atoms with Gasteiger partial charge in [-0.2, -0.15) is 43.6 Å². The Bertz CT molecular complexity index is 8830. The predicted molar refractivity (Wildman–Crippen MR) is 580 cm³/mol. The van der Waals surface area contributed by atoms with Crippen LogP contribution in [-0.4, -0.2) is 246 Å². The van der Waals surface area contributed by atoms with E-state index in [2.05, 4.69) is 130 Å². The fourth-order valence-electron chi connectivity index (χ4n) is 21.2. The molecule has 20 aromatic rings. The molecule has 0 spiro atoms. The lowest BCUT2D eigenvalue weighted by Crippen LogP contribution is -2.54. The van der Waals surface area contributed by atoms with E-state index >= 15 is 0 Å². The van der Waals surface area contributed by atoms with Crippen LogP contribution in [0.2, 0.25) is 15.1 Å². The molecule has 39 heteroatoms. The molecule has 0 amide bonds. The van der Waals surface area contributed by atoms with E-state index in [0.29, 0.717) is 137 Å². The van der Waals surface area contributed by atoms with E-state index in [0.717, 1.165) is 231 Å². The highest BCUT2D eigenvalue weighted by atomic mass is 35.5. The van der Waals surface area contributed by atoms with Crippen molar-refractivity contribution in [3.63, 3.8) is 0 Å². The number of hydrogen-bond acceptors (Lipinski definition) is 27. The van der Waals surface area contributed by atoms with Gasteiger partial charge in [-0.15, -0.1) is 0 Å². The molecule has 5 aliphatic heterocycles. The number of aromatic nitrogens is 23. The van der Waals surface area contributed by atoms with Crippen LogP contribution >= 0.6 is 34.8 Å². The lowest BCUT2D eigenvalue weighted by atomic mass is 9.93. The molecule has 36 nitrogen and oxygen atoms in total. The van der Waals surface area contributed by atoms with Gasteiger partial charge in [-0.3, -0.25) is 38.0 Å². The number of aliphatic hydroxyl groups excluding tert-OH is 1. The van der Waals surface area contributed by atoms with Crippen molar-refractivity contribution in [2.24, 2.45) is 7.05 Å². The van der Waals surface area contributed by atoms with Crippen LogP contribution in [0.3, 0.4) is 0 Å². The zero-order valence-electron chi connectivity index (χ0n) is 85.0. The van der Waals surface area contributed by atoms with Gasteiger partial charge in [0, 0.05) is 181 Å². The van der Waals surface area contributed by atoms with Crippen LogP contribution in [0.4, 0.5) is 5.69 Å². The number of aryl methyl sites for hydroxylation is 6. The third-order valence-electron chi connectivity index (χ3n) is 28.9. The third kappa shape index (κ3) is 21.6. The summed E-state index contributed by atoms with van der Waals surface area (Å²) in [6, 6.07) is 43.1. The molecule has 2 N–H and O–H groups in total. The van der Waals surface area contributed by atoms with E-state index in [1.165, 1.54) is 42.3 Å². The summed E-state index contributed by atoms with van der Waals surface area (Å²) in [4.78, 5) is 117. The number of aliphatic hydroxyl groups is 1. The lowest BCUT2D eigenvalue weighted by molar-refractivity contribution is 0.163. The number of β-amino-alcohol motifs (C(OH)–C–C–N with tert-alkyl or cyclic N) is 1. The van der Waals surface area contributed by atoms with E-state index in [-0.39, 0.29) is 34.4 Å². The van der Waals surface area contributed by atoms with Crippen LogP contribution in [0.25, 0.3) is 124 Å². The number of pyridine rings is 5. The maximum absolute atomic E-state index is 12.9. The topological polar surface area (TPSA) is 368 Å². The van der Waals surface area contributed by atoms with Crippen LogP contribution in [0.1, 0.15) is 154 Å². The van der Waals surface area contributed by atoms with Crippen LogP contribution in [-0.2, 0) is 7.05 Å². The Morgan fingerprint density at radius 3 is 1.18 bits per heavy atom. The van der Waals surface area contributed by atoms with Crippen LogP contribution in [0, 0.1) is 34.6 Å². The molecule has 0 bridgehead atoms. The van der Waals surface area contributed by atoms with Gasteiger partial charge in [0.05, 0.1) is 101 Å². The van der Waals surface area contributed by atoms with Crippen molar-refractivity contribution in [3.05, 3.63) is 307 Å². The quantitative estimate of drug-likeness (QED) is 0.102. The number of halogens is 3. The van der Waals surface area contributed by atoms with Gasteiger partial charge >= 0.3 is 0 Å². The van der Waals surface area contributed by atoms with E-state index in [9.17, 15) is 24.0 Å². The molecule has 2 atom stereocenters. The minimum Gasteiger partial charge on any atom is -0.453 e. The number of likely N-dealkylation sites (tertiary alicyclic amines) is 4. The number of fused-ring (bicyclic) bond motifs is 10. The Balaban J connectivity index is 0.000000109. The Morgan fingerprint density at radius 2 is 0.765 bits per heavy atom. The molecule has 5 saturated heterocycles. The molecule has 764 valence electrons. The first-order chi connectivity index (χ1) is 72.0. The second-order valence-electron chi connectivity index (χ2n) is 39.9. The number of nitrogens with one attached hydrogen (secondary N) is 1. The Labute approximate surface area is 871 Å². The van der Waals surface area contributed by atoms with Crippen molar-refractivity contribution in [3.8, 4) is 56.5 Å². The van der Waals surface area contributed by atoms with E-state index in [1.807, 2.05) is 195 Å². The zero-order valence-corrected chi connectivity index (χ0v) is 87.2. The van der Waals surface area contributed by atoms with Crippen molar-refractivity contribution in [2.45, 2.75) is 149 Å². The smallest absolute Gasteiger partial charge is 0.275 e. The Kier molecular flexibility index (Phi) is 28.7. The van der Waals surface area contributed by atoms with Crippen molar-refractivity contribution in [1.29, 1.82) is 0 Å². The molecular formula is C110H116Cl3N29O7. The number of imidazole rings is 3. The fraction of sp³-hybridized carbons (Fsp3) is 0.355. The molecule has 0 unspecified atom stereocenters. The maximum Gasteiger partial charge on any atom is 0.275 e. The number of piperidine rings is 4. The molecule has 0 aliphatic carbocycles. The predicted octanol–water partition coefficient (Wildman–Crippen LogP) is 15.4. The number of anilines is 1. The number of benzene rings is 1. The minimum atomic E-state index is -0.224. The summed E-state index contributed by atoms with van der Waals surface area (Å²) in [5.74, 6) is 2.05. The van der Waals surface area contributed by atoms with Gasteiger partial charge < -0.3 is 52.5 Å². The zero-order chi connectivity index (χ0) is 103. The fourth-order valence-corrected chi connectivity index (χ4v) is 22.0. The van der Waals surface area contributed by atoms with Gasteiger partial charge in [-0.05, 0) is 275 Å². The monoisotopic (exact) mass is 2060 g/mol. The van der Waals surface area contributed by atoms with Crippen molar-refractivity contribution < 1.29 is 9.52 Å². The molecule has 24 heterocycles. The van der Waals surface area contributed by atoms with Crippen molar-refractivity contribution >= 4 is 108 Å². The SMILES string of the molecule is CCN1CCC(c2ccc3nc(-c4cc(Cl)c5nc(C)cn5c4)cc(=O)n3n2)CC1.CCN1CCC(c2ccc3nc(-c4ccc5nn(C)cc5c4)cc(=O)n3n2)CC1.Cc1cc2cc(-c3cc(=O)n4cc(N5C[C@@H](C)N[C@@H](C)C5)ccc4n3)oc2c(C)n1.Cc1cn2cc(-c3cc(=O)n4nc(C5CCN(C)CC5)ccc4n3)cc(Cl)c2n1.Cc1cn2cc(-c3cc(=O)n4nc(C5CCN(CCO)CC5)ccc4n3)cc(Cl)c2n1. The van der Waals surface area contributed by atoms with E-state index in [4.69, 9.17) is 49.3 Å². The highest BCUT2D eigenvalue weighted by molar-refractivity contribution is 6.34. The summed E-state index contributed by atoms with van der Waals surface area (Å²) >= 11 is 19.2. The van der Waals surface area contributed by atoms with E-state index in [1.54, 1.807) is 33.3 Å². The number of piperazine rings is 1. The third-order valence-corrected chi connectivity index (χ3v) is 29.8. The number of nitrogens with zero attached hydrogens (tertiary/aromatic N) is 28. The highest BCUT2D eigenvalue weighted by Crippen LogP contribution is 2.37. The summed E-state index contributed by atoms with van der Waals surface area (Å²) in [6.07, 6.45) is 23.5. The number of hydrogen-bond donors (Lipinski definition) is 2. The first-order valence-electron chi connectivity index (χ1n) is 50.9. The molecule has 0 radical (unpaired) electrons. The van der Waals surface area contributed by atoms with Crippen LogP contribution in [0.15, 0.2) is 217 Å². The first kappa shape index (κ1) is 100. The number of furan rings is 1. The number of rotatable bonds is 14. The van der Waals surface area contributed by atoms with Gasteiger partial charge in [0.1, 0.15) is 11.3 Å². The lowest BCUT2D eigenvalue weighted by Gasteiger charge is -2.37. The summed E-state index contributed by atoms with van der Waals surface area (Å²) in [5.41, 5.74) is 20.9. The van der Waals surface area contributed by atoms with Crippen LogP contribution in [0.5, 0.6) is 0 Å². The van der Waals surface area contributed by atoms with Gasteiger partial charge in [0.2, 0.25) is 0 Å². The average molecular weight is 2060 g/mol. The summed E-state index contributed by atoms with van der Waals surface area (Å²) in [5, 5.41) is 39.1. The molecule has 5 fully saturated rings. The largest absolute Gasteiger partial charge is 0.453 e. The second kappa shape index (κ2) is 42.6. The normalized spacial score (nSPS) is 16.7. The second-order valence-corrected chi connectivity index (χ2v) is 41.1. The maximum atomic E-state index is 12.9. The average Bonchev–Trinajstić information content (AvgIpc) is 1.76. The van der Waals surface area contributed by atoms with Crippen molar-refractivity contribution in [2.75, 3.05) is 104 Å². The standard InChI is InChI=1S/C23H25N5O2.C22H23ClN6O2.C22H23ClN6O.C22H24N6O.C21H21ClN6O/c1-13-7-17-8-20(30-23(17)16(4)25-13)19-9-22(29)28-12-18(5-6-21(28)26-19)27-10-14(2)24-15(3)11-27;1-14-12-28-13-16(10-17(23)22(28)24-14)19-11-21(31)29-20(25-19)3-2-18(26-29)15-4-6-27(7-5-15)8-9-30;1-3-27-8-6-15(7-9-27)18-4-5-20-25-19(11-21(30)29(20)26-18)16-10-17(23)22-24-14(2)12-28(22)13-16;1-3-27-10-8-15(9-11-27)18-6-7-21-23-20(13-22(29)28(21)25-18)16-4-5-19-17(12-16)14-26(2)24-19;1-13-11-27-12-15(9-16(22)21(27)23-13)18-10-20(29)28-19(24-18)4-3-17(25-28)14-5-7-26(2)8-6-14/h5-9,12,14-15,24H,10-11H2,1-4H3;2-3,10-13,15,30H,4-9H2,1H3;4-5,10-13,15H,3,6-9H2,1-2H3;4-7,12-15H,3,8-11H2,1-2H3;3-4,9-12,14H,5-8H2,1-2H3/t14-,15+;;;;.